The lowest BCUT2D eigenvalue weighted by molar-refractivity contribution is 0.103. The van der Waals surface area contributed by atoms with Gasteiger partial charge in [0.15, 0.2) is 3.92 Å². The molecule has 1 heterocycles. The Morgan fingerprint density at radius 1 is 1.28 bits per heavy atom. The third kappa shape index (κ3) is 4.72. The van der Waals surface area contributed by atoms with E-state index in [4.69, 9.17) is 4.43 Å². The number of halogens is 2. The molecule has 0 aliphatic rings. The minimum Gasteiger partial charge on any atom is -0.543 e. The van der Waals surface area contributed by atoms with E-state index in [9.17, 15) is 4.79 Å². The zero-order valence-electron chi connectivity index (χ0n) is 15.2. The number of aryl methyl sites for hydroxylation is 1. The first-order valence-corrected chi connectivity index (χ1v) is 13.1. The Hall–Kier alpha value is -0.703. The number of anilines is 1. The van der Waals surface area contributed by atoms with E-state index in [1.54, 1.807) is 6.20 Å². The number of thiazole rings is 1. The molecular formula is C17H22Br2N2O2SSi. The summed E-state index contributed by atoms with van der Waals surface area (Å²) in [5.74, 6) is 0.578. The monoisotopic (exact) mass is 504 g/mol. The maximum Gasteiger partial charge on any atom is 0.267 e. The fourth-order valence-electron chi connectivity index (χ4n) is 1.85. The van der Waals surface area contributed by atoms with E-state index in [1.165, 1.54) is 11.3 Å². The van der Waals surface area contributed by atoms with Crippen LogP contribution in [-0.2, 0) is 0 Å². The highest BCUT2D eigenvalue weighted by atomic mass is 79.9. The van der Waals surface area contributed by atoms with Crippen LogP contribution in [-0.4, -0.2) is 19.2 Å². The number of rotatable bonds is 4. The molecule has 0 spiro atoms. The molecule has 0 bridgehead atoms. The minimum atomic E-state index is -1.97. The summed E-state index contributed by atoms with van der Waals surface area (Å²) in [6.07, 6.45) is 1.56. The van der Waals surface area contributed by atoms with Gasteiger partial charge in [-0.1, -0.05) is 26.8 Å². The molecule has 0 radical (unpaired) electrons. The van der Waals surface area contributed by atoms with Gasteiger partial charge in [0.1, 0.15) is 10.6 Å². The Morgan fingerprint density at radius 3 is 2.44 bits per heavy atom. The van der Waals surface area contributed by atoms with Gasteiger partial charge in [-0.3, -0.25) is 4.79 Å². The molecule has 2 aromatic rings. The van der Waals surface area contributed by atoms with Crippen molar-refractivity contribution in [2.24, 2.45) is 0 Å². The van der Waals surface area contributed by atoms with Crippen LogP contribution in [0.3, 0.4) is 0 Å². The summed E-state index contributed by atoms with van der Waals surface area (Å²) in [5.41, 5.74) is 1.69. The Labute approximate surface area is 170 Å². The second-order valence-electron chi connectivity index (χ2n) is 7.36. The highest BCUT2D eigenvalue weighted by Crippen LogP contribution is 2.42. The molecule has 1 N–H and O–H groups in total. The molecule has 4 nitrogen and oxygen atoms in total. The molecule has 1 aromatic carbocycles. The molecule has 0 saturated carbocycles. The SMILES string of the molecule is Cc1ccc(O[Si](C)(C)C(C)(C)C)c(Br)c1NC(=O)c1cnc(Br)s1. The molecule has 0 atom stereocenters. The first kappa shape index (κ1) is 20.6. The van der Waals surface area contributed by atoms with Crippen molar-refractivity contribution in [2.45, 2.75) is 45.8 Å². The molecule has 1 aromatic heterocycles. The number of aromatic nitrogens is 1. The number of nitrogens with one attached hydrogen (secondary N) is 1. The molecule has 0 unspecified atom stereocenters. The predicted octanol–water partition coefficient (Wildman–Crippen LogP) is 6.61. The van der Waals surface area contributed by atoms with Gasteiger partial charge >= 0.3 is 0 Å². The zero-order valence-corrected chi connectivity index (χ0v) is 20.1. The lowest BCUT2D eigenvalue weighted by atomic mass is 10.2. The highest BCUT2D eigenvalue weighted by Gasteiger charge is 2.39. The summed E-state index contributed by atoms with van der Waals surface area (Å²) in [7, 11) is -1.97. The maximum absolute atomic E-state index is 12.5. The first-order chi connectivity index (χ1) is 11.4. The summed E-state index contributed by atoms with van der Waals surface area (Å²) >= 11 is 8.20. The predicted molar refractivity (Wildman–Crippen MR) is 114 cm³/mol. The Kier molecular flexibility index (Phi) is 6.18. The Morgan fingerprint density at radius 2 is 1.92 bits per heavy atom. The van der Waals surface area contributed by atoms with Crippen LogP contribution in [0.25, 0.3) is 0 Å². The van der Waals surface area contributed by atoms with E-state index in [1.807, 2.05) is 19.1 Å². The second kappa shape index (κ2) is 7.50. The van der Waals surface area contributed by atoms with Gasteiger partial charge in [0.05, 0.1) is 16.4 Å². The second-order valence-corrected chi connectivity index (χ2v) is 15.2. The third-order valence-electron chi connectivity index (χ3n) is 4.43. The van der Waals surface area contributed by atoms with Gasteiger partial charge < -0.3 is 9.74 Å². The summed E-state index contributed by atoms with van der Waals surface area (Å²) in [6.45, 7) is 13.0. The molecule has 136 valence electrons. The standard InChI is InChI=1S/C17H22Br2N2O2SSi/c1-10-7-8-11(23-25(5,6)17(2,3)4)13(18)14(10)21-15(22)12-9-20-16(19)24-12/h7-9H,1-6H3,(H,21,22). The van der Waals surface area contributed by atoms with Crippen LogP contribution < -0.4 is 9.74 Å². The fraction of sp³-hybridized carbons (Fsp3) is 0.412. The lowest BCUT2D eigenvalue weighted by Gasteiger charge is -2.37. The largest absolute Gasteiger partial charge is 0.543 e. The summed E-state index contributed by atoms with van der Waals surface area (Å²) < 4.78 is 7.86. The molecule has 2 rings (SSSR count). The van der Waals surface area contributed by atoms with Crippen LogP contribution in [0.15, 0.2) is 26.7 Å². The minimum absolute atomic E-state index is 0.0929. The van der Waals surface area contributed by atoms with E-state index in [2.05, 4.69) is 76.0 Å². The van der Waals surface area contributed by atoms with Crippen molar-refractivity contribution >= 4 is 63.1 Å². The smallest absolute Gasteiger partial charge is 0.267 e. The van der Waals surface area contributed by atoms with Crippen molar-refractivity contribution in [3.05, 3.63) is 37.2 Å². The molecule has 8 heteroatoms. The van der Waals surface area contributed by atoms with Crippen molar-refractivity contribution in [1.29, 1.82) is 0 Å². The summed E-state index contributed by atoms with van der Waals surface area (Å²) in [4.78, 5) is 17.1. The van der Waals surface area contributed by atoms with Crippen molar-refractivity contribution < 1.29 is 9.22 Å². The number of benzene rings is 1. The topological polar surface area (TPSA) is 51.2 Å². The van der Waals surface area contributed by atoms with Gasteiger partial charge in [0, 0.05) is 0 Å². The zero-order chi connectivity index (χ0) is 19.0. The molecule has 0 aliphatic carbocycles. The summed E-state index contributed by atoms with van der Waals surface area (Å²) in [6, 6.07) is 3.92. The van der Waals surface area contributed by atoms with Crippen molar-refractivity contribution in [2.75, 3.05) is 5.32 Å². The number of hydrogen-bond donors (Lipinski definition) is 1. The average Bonchev–Trinajstić information content (AvgIpc) is 2.92. The first-order valence-electron chi connectivity index (χ1n) is 7.83. The van der Waals surface area contributed by atoms with Gasteiger partial charge in [-0.15, -0.1) is 11.3 Å². The highest BCUT2D eigenvalue weighted by molar-refractivity contribution is 9.11. The normalized spacial score (nSPS) is 12.2. The number of nitrogens with zero attached hydrogens (tertiary/aromatic N) is 1. The van der Waals surface area contributed by atoms with Gasteiger partial charge in [0.2, 0.25) is 0 Å². The number of amides is 1. The molecule has 25 heavy (non-hydrogen) atoms. The van der Waals surface area contributed by atoms with E-state index in [-0.39, 0.29) is 10.9 Å². The number of carbonyl (C=O) groups excluding carboxylic acids is 1. The number of hydrogen-bond acceptors (Lipinski definition) is 4. The van der Waals surface area contributed by atoms with E-state index < -0.39 is 8.32 Å². The summed E-state index contributed by atoms with van der Waals surface area (Å²) in [5, 5.41) is 3.07. The van der Waals surface area contributed by atoms with Crippen LogP contribution in [0, 0.1) is 6.92 Å². The lowest BCUT2D eigenvalue weighted by Crippen LogP contribution is -2.44. The maximum atomic E-state index is 12.5. The number of carbonyl (C=O) groups is 1. The molecule has 0 fully saturated rings. The van der Waals surface area contributed by atoms with Crippen molar-refractivity contribution in [3.8, 4) is 5.75 Å². The fourth-order valence-corrected chi connectivity index (χ4v) is 4.81. The van der Waals surface area contributed by atoms with Crippen LogP contribution >= 0.6 is 43.2 Å². The van der Waals surface area contributed by atoms with Crippen LogP contribution in [0.4, 0.5) is 5.69 Å². The Balaban J connectivity index is 2.32. The third-order valence-corrected chi connectivity index (χ3v) is 11.0. The van der Waals surface area contributed by atoms with Gasteiger partial charge in [-0.05, 0) is 68.5 Å². The van der Waals surface area contributed by atoms with Crippen LogP contribution in [0.1, 0.15) is 36.0 Å². The van der Waals surface area contributed by atoms with E-state index in [0.29, 0.717) is 8.79 Å². The van der Waals surface area contributed by atoms with Crippen molar-refractivity contribution in [3.63, 3.8) is 0 Å². The van der Waals surface area contributed by atoms with E-state index in [0.717, 1.165) is 21.5 Å². The van der Waals surface area contributed by atoms with Gasteiger partial charge in [-0.2, -0.15) is 0 Å². The van der Waals surface area contributed by atoms with Crippen molar-refractivity contribution in [1.82, 2.24) is 4.98 Å². The van der Waals surface area contributed by atoms with Crippen LogP contribution in [0.2, 0.25) is 18.1 Å². The van der Waals surface area contributed by atoms with Gasteiger partial charge in [-0.25, -0.2) is 4.98 Å². The average molecular weight is 506 g/mol. The van der Waals surface area contributed by atoms with Crippen LogP contribution in [0.5, 0.6) is 5.75 Å². The molecule has 0 aliphatic heterocycles. The molecule has 0 saturated heterocycles. The molecular weight excluding hydrogens is 484 g/mol. The quantitative estimate of drug-likeness (QED) is 0.475. The van der Waals surface area contributed by atoms with E-state index >= 15 is 0 Å². The van der Waals surface area contributed by atoms with Gasteiger partial charge in [0.25, 0.3) is 14.2 Å². The Bertz CT molecular complexity index is 800. The molecule has 1 amide bonds.